The zero-order chi connectivity index (χ0) is 33.1. The number of allylic oxidation sites excluding steroid dienone is 4. The lowest BCUT2D eigenvalue weighted by Crippen LogP contribution is -2.21. The van der Waals surface area contributed by atoms with Gasteiger partial charge >= 0.3 is 0 Å². The average molecular weight is 624 g/mol. The highest BCUT2D eigenvalue weighted by Gasteiger charge is 2.30. The van der Waals surface area contributed by atoms with Gasteiger partial charge in [0.15, 0.2) is 11.3 Å². The zero-order valence-corrected chi connectivity index (χ0v) is 27.9. The van der Waals surface area contributed by atoms with Crippen LogP contribution in [0.5, 0.6) is 0 Å². The molecule has 1 aliphatic rings. The van der Waals surface area contributed by atoms with E-state index in [1.54, 1.807) is 0 Å². The highest BCUT2D eigenvalue weighted by Crippen LogP contribution is 2.46. The van der Waals surface area contributed by atoms with E-state index in [2.05, 4.69) is 135 Å². The van der Waals surface area contributed by atoms with Crippen LogP contribution in [0.4, 0.5) is 5.69 Å². The molecule has 0 aliphatic heterocycles. The molecule has 0 saturated heterocycles. The van der Waals surface area contributed by atoms with Crippen molar-refractivity contribution in [2.24, 2.45) is 0 Å². The number of benzene rings is 5. The minimum atomic E-state index is 0.733. The molecule has 5 aromatic carbocycles. The fourth-order valence-corrected chi connectivity index (χ4v) is 7.48. The fourth-order valence-electron chi connectivity index (χ4n) is 7.48. The third kappa shape index (κ3) is 4.35. The van der Waals surface area contributed by atoms with Gasteiger partial charge in [-0.2, -0.15) is 0 Å². The van der Waals surface area contributed by atoms with Crippen molar-refractivity contribution >= 4 is 84.4 Å². The largest absolute Gasteiger partial charge is 0.454 e. The van der Waals surface area contributed by atoms with Crippen LogP contribution in [0, 0.1) is 6.92 Å². The molecule has 234 valence electrons. The van der Waals surface area contributed by atoms with E-state index in [1.165, 1.54) is 26.8 Å². The van der Waals surface area contributed by atoms with E-state index >= 15 is 0 Å². The molecule has 3 heteroatoms. The van der Waals surface area contributed by atoms with Crippen LogP contribution in [-0.2, 0) is 0 Å². The molecule has 2 aromatic heterocycles. The first-order valence-electron chi connectivity index (χ1n) is 16.6. The van der Waals surface area contributed by atoms with Gasteiger partial charge in [0.05, 0.1) is 17.1 Å². The van der Waals surface area contributed by atoms with Crippen molar-refractivity contribution in [3.8, 4) is 0 Å². The number of para-hydroxylation sites is 2. The predicted octanol–water partition coefficient (Wildman–Crippen LogP) is 12.3. The smallest absolute Gasteiger partial charge is 0.159 e. The number of nitrogens with zero attached hydrogens (tertiary/aromatic N) is 1. The molecule has 0 atom stereocenters. The summed E-state index contributed by atoms with van der Waals surface area (Å²) in [7, 11) is 0. The Labute approximate surface area is 280 Å². The Balaban J connectivity index is 1.49. The quantitative estimate of drug-likeness (QED) is 0.177. The topological polar surface area (TPSA) is 29.5 Å². The summed E-state index contributed by atoms with van der Waals surface area (Å²) in [4.78, 5) is 2.34. The summed E-state index contributed by atoms with van der Waals surface area (Å²) >= 11 is 0. The van der Waals surface area contributed by atoms with Crippen molar-refractivity contribution in [2.45, 2.75) is 34.1 Å². The summed E-state index contributed by atoms with van der Waals surface area (Å²) in [6.45, 7) is 16.7. The Morgan fingerprint density at radius 3 is 2.23 bits per heavy atom. The Bertz CT molecular complexity index is 2600. The van der Waals surface area contributed by atoms with E-state index in [0.29, 0.717) is 0 Å². The molecule has 0 unspecified atom stereocenters. The summed E-state index contributed by atoms with van der Waals surface area (Å²) in [5.41, 5.74) is 9.66. The van der Waals surface area contributed by atoms with Crippen molar-refractivity contribution in [3.05, 3.63) is 149 Å². The number of anilines is 1. The normalized spacial score (nSPS) is 13.4. The Morgan fingerprint density at radius 2 is 1.50 bits per heavy atom. The molecule has 0 amide bonds. The lowest BCUT2D eigenvalue weighted by Gasteiger charge is -2.30. The molecule has 0 spiro atoms. The van der Waals surface area contributed by atoms with Gasteiger partial charge in [-0.15, -0.1) is 0 Å². The van der Waals surface area contributed by atoms with Crippen LogP contribution < -0.4 is 10.1 Å². The van der Waals surface area contributed by atoms with Crippen molar-refractivity contribution in [1.29, 1.82) is 0 Å². The van der Waals surface area contributed by atoms with Crippen LogP contribution in [0.1, 0.15) is 61.0 Å². The van der Waals surface area contributed by atoms with Gasteiger partial charge in [0.2, 0.25) is 0 Å². The standard InChI is InChI=1S/C45H37NO2/c1-7-14-33-32(8-2)44(47-42(33)27(4)5)37(9-3)46(39-22-13-20-35-34-19-10-15-28(6)43(34)48-45(35)39)38-21-12-18-31-24-23-29-16-11-17-30-25-26-36(38)41(31)40(29)30/h7-11,13-26H,2,4,12H2,1,3,5-6H3/b14-7-,37-9+. The van der Waals surface area contributed by atoms with Gasteiger partial charge in [-0.25, -0.2) is 0 Å². The first kappa shape index (κ1) is 29.6. The van der Waals surface area contributed by atoms with Gasteiger partial charge in [-0.1, -0.05) is 122 Å². The van der Waals surface area contributed by atoms with Gasteiger partial charge in [0, 0.05) is 27.5 Å². The van der Waals surface area contributed by atoms with Gasteiger partial charge in [-0.05, 0) is 78.1 Å². The highest BCUT2D eigenvalue weighted by atomic mass is 16.3. The Kier molecular flexibility index (Phi) is 7.07. The van der Waals surface area contributed by atoms with E-state index in [0.717, 1.165) is 84.8 Å². The predicted molar refractivity (Wildman–Crippen MR) is 207 cm³/mol. The molecule has 8 rings (SSSR count). The third-order valence-electron chi connectivity index (χ3n) is 9.57. The molecule has 48 heavy (non-hydrogen) atoms. The molecule has 0 saturated carbocycles. The summed E-state index contributed by atoms with van der Waals surface area (Å²) in [6, 6.07) is 28.4. The maximum atomic E-state index is 6.82. The fraction of sp³-hybridized carbons (Fsp3) is 0.111. The molecule has 0 fully saturated rings. The summed E-state index contributed by atoms with van der Waals surface area (Å²) < 4.78 is 13.6. The molecular formula is C45H37NO2. The van der Waals surface area contributed by atoms with Crippen LogP contribution in [0.25, 0.3) is 78.7 Å². The van der Waals surface area contributed by atoms with Gasteiger partial charge in [-0.3, -0.25) is 0 Å². The second kappa shape index (κ2) is 11.5. The molecule has 1 aliphatic carbocycles. The minimum Gasteiger partial charge on any atom is -0.454 e. The SMILES string of the molecule is C=Cc1c(/C(=C\C)N(C2=CCC=c3ccc4cccc5ccc2c3c54)c2cccc3c2oc2c(C)cccc23)oc(C(=C)C)c1/C=C\C. The Morgan fingerprint density at radius 1 is 0.771 bits per heavy atom. The lowest BCUT2D eigenvalue weighted by atomic mass is 9.93. The van der Waals surface area contributed by atoms with E-state index in [-0.39, 0.29) is 0 Å². The number of fused-ring (bicyclic) bond motifs is 3. The monoisotopic (exact) mass is 623 g/mol. The second-order valence-corrected chi connectivity index (χ2v) is 12.5. The lowest BCUT2D eigenvalue weighted by molar-refractivity contribution is 0.537. The molecule has 0 bridgehead atoms. The van der Waals surface area contributed by atoms with Crippen LogP contribution in [-0.4, -0.2) is 0 Å². The van der Waals surface area contributed by atoms with Crippen molar-refractivity contribution in [3.63, 3.8) is 0 Å². The van der Waals surface area contributed by atoms with Crippen LogP contribution in [0.2, 0.25) is 0 Å². The maximum Gasteiger partial charge on any atom is 0.159 e. The van der Waals surface area contributed by atoms with E-state index < -0.39 is 0 Å². The van der Waals surface area contributed by atoms with Crippen molar-refractivity contribution < 1.29 is 8.83 Å². The molecule has 2 heterocycles. The number of rotatable bonds is 7. The van der Waals surface area contributed by atoms with Crippen molar-refractivity contribution in [2.75, 3.05) is 4.90 Å². The van der Waals surface area contributed by atoms with E-state index in [4.69, 9.17) is 8.83 Å². The van der Waals surface area contributed by atoms with Crippen LogP contribution >= 0.6 is 0 Å². The van der Waals surface area contributed by atoms with Crippen LogP contribution in [0.3, 0.4) is 0 Å². The number of hydrogen-bond donors (Lipinski definition) is 0. The van der Waals surface area contributed by atoms with Gasteiger partial charge in [0.25, 0.3) is 0 Å². The molecule has 3 nitrogen and oxygen atoms in total. The summed E-state index contributed by atoms with van der Waals surface area (Å²) in [6.07, 6.45) is 13.6. The van der Waals surface area contributed by atoms with Crippen LogP contribution in [0.15, 0.2) is 119 Å². The van der Waals surface area contributed by atoms with E-state index in [1.807, 2.05) is 26.0 Å². The minimum absolute atomic E-state index is 0.733. The third-order valence-corrected chi connectivity index (χ3v) is 9.57. The second-order valence-electron chi connectivity index (χ2n) is 12.5. The molecule has 0 N–H and O–H groups in total. The van der Waals surface area contributed by atoms with Gasteiger partial charge in [0.1, 0.15) is 11.3 Å². The van der Waals surface area contributed by atoms with Crippen molar-refractivity contribution in [1.82, 2.24) is 0 Å². The first-order chi connectivity index (χ1) is 23.4. The molecule has 0 radical (unpaired) electrons. The highest BCUT2D eigenvalue weighted by molar-refractivity contribution is 6.18. The number of hydrogen-bond acceptors (Lipinski definition) is 3. The van der Waals surface area contributed by atoms with E-state index in [9.17, 15) is 0 Å². The van der Waals surface area contributed by atoms with Gasteiger partial charge < -0.3 is 13.7 Å². The average Bonchev–Trinajstić information content (AvgIpc) is 3.60. The number of aryl methyl sites for hydroxylation is 1. The zero-order valence-electron chi connectivity index (χ0n) is 27.9. The first-order valence-corrected chi connectivity index (χ1v) is 16.6. The summed E-state index contributed by atoms with van der Waals surface area (Å²) in [5.74, 6) is 1.49. The number of furan rings is 2. The maximum absolute atomic E-state index is 6.82. The Hall–Kier alpha value is -5.80. The molecular weight excluding hydrogens is 587 g/mol. The molecule has 7 aromatic rings. The summed E-state index contributed by atoms with van der Waals surface area (Å²) in [5, 5.41) is 8.42.